The van der Waals surface area contributed by atoms with E-state index < -0.39 is 19.8 Å². The molecule has 6 nitrogen and oxygen atoms in total. The molecule has 0 aliphatic heterocycles. The van der Waals surface area contributed by atoms with Crippen LogP contribution in [-0.4, -0.2) is 28.7 Å². The number of aromatic carboxylic acids is 1. The van der Waals surface area contributed by atoms with Gasteiger partial charge in [0.15, 0.2) is 8.30 Å². The van der Waals surface area contributed by atoms with Crippen molar-refractivity contribution in [3.63, 3.8) is 0 Å². The van der Waals surface area contributed by atoms with Crippen molar-refractivity contribution in [1.82, 2.24) is 5.09 Å². The largest absolute Gasteiger partial charge is 0.477 e. The Kier molecular flexibility index (Phi) is 7.31. The average Bonchev–Trinajstić information content (AvgIpc) is 3.11. The van der Waals surface area contributed by atoms with Crippen LogP contribution in [0.5, 0.6) is 5.75 Å². The highest BCUT2D eigenvalue weighted by Crippen LogP contribution is 2.41. The Labute approximate surface area is 187 Å². The van der Waals surface area contributed by atoms with E-state index in [4.69, 9.17) is 9.26 Å². The number of rotatable bonds is 9. The molecule has 2 aromatic carbocycles. The van der Waals surface area contributed by atoms with Gasteiger partial charge in [-0.15, -0.1) is 11.3 Å². The van der Waals surface area contributed by atoms with E-state index in [9.17, 15) is 14.7 Å². The fraction of sp³-hybridized carbons (Fsp3) is 0.304. The quantitative estimate of drug-likeness (QED) is 0.310. The lowest BCUT2D eigenvalue weighted by Crippen LogP contribution is -2.46. The van der Waals surface area contributed by atoms with Crippen LogP contribution in [0.15, 0.2) is 54.6 Å². The Morgan fingerprint density at radius 2 is 1.84 bits per heavy atom. The number of ether oxygens (including phenoxy) is 1. The zero-order chi connectivity index (χ0) is 22.6. The molecule has 0 amide bonds. The highest BCUT2D eigenvalue weighted by Gasteiger charge is 2.34. The molecule has 31 heavy (non-hydrogen) atoms. The van der Waals surface area contributed by atoms with Crippen molar-refractivity contribution < 1.29 is 24.0 Å². The summed E-state index contributed by atoms with van der Waals surface area (Å²) < 4.78 is 12.5. The Balaban J connectivity index is 1.84. The molecule has 1 atom stereocenters. The van der Waals surface area contributed by atoms with E-state index in [0.29, 0.717) is 16.8 Å². The Morgan fingerprint density at radius 1 is 1.13 bits per heavy atom. The lowest BCUT2D eigenvalue weighted by Gasteiger charge is -2.30. The van der Waals surface area contributed by atoms with E-state index in [-0.39, 0.29) is 12.1 Å². The number of carboxylic acid groups (broad SMARTS) is 1. The van der Waals surface area contributed by atoms with Crippen LogP contribution in [0.2, 0.25) is 0 Å². The van der Waals surface area contributed by atoms with E-state index in [1.807, 2.05) is 62.4 Å². The van der Waals surface area contributed by atoms with Gasteiger partial charge >= 0.3 is 11.9 Å². The number of hydrogen-bond acceptors (Lipinski definition) is 6. The second kappa shape index (κ2) is 9.77. The molecule has 3 aromatic rings. The molecular weight excluding hydrogens is 433 g/mol. The second-order valence-electron chi connectivity index (χ2n) is 7.92. The molecule has 0 spiro atoms. The van der Waals surface area contributed by atoms with Crippen LogP contribution in [0.3, 0.4) is 0 Å². The maximum atomic E-state index is 12.6. The summed E-state index contributed by atoms with van der Waals surface area (Å²) in [7, 11) is -1.28. The smallest absolute Gasteiger partial charge is 0.345 e. The summed E-state index contributed by atoms with van der Waals surface area (Å²) in [6.45, 7) is 7.20. The topological polar surface area (TPSA) is 84.9 Å². The first-order valence-electron chi connectivity index (χ1n) is 9.89. The number of nitrogens with one attached hydrogen (secondary N) is 1. The first-order valence-corrected chi connectivity index (χ1v) is 12.2. The van der Waals surface area contributed by atoms with Gasteiger partial charge in [0.1, 0.15) is 16.2 Å². The SMILES string of the molecule is CC(C)OC(=O)C(C)(C)NP(Cc1ccc2sc(C(=O)O)cc2c1)Oc1ccccc1. The third kappa shape index (κ3) is 6.26. The monoisotopic (exact) mass is 459 g/mol. The van der Waals surface area contributed by atoms with Crippen molar-refractivity contribution in [1.29, 1.82) is 0 Å². The third-order valence-corrected chi connectivity index (χ3v) is 7.33. The fourth-order valence-electron chi connectivity index (χ4n) is 2.88. The van der Waals surface area contributed by atoms with Crippen molar-refractivity contribution in [3.8, 4) is 5.75 Å². The summed E-state index contributed by atoms with van der Waals surface area (Å²) in [5, 5.41) is 13.5. The molecule has 1 heterocycles. The van der Waals surface area contributed by atoms with E-state index in [1.165, 1.54) is 11.3 Å². The third-order valence-electron chi connectivity index (χ3n) is 4.33. The van der Waals surface area contributed by atoms with Crippen molar-refractivity contribution in [2.75, 3.05) is 0 Å². The molecule has 0 radical (unpaired) electrons. The van der Waals surface area contributed by atoms with Gasteiger partial charge in [-0.3, -0.25) is 4.79 Å². The summed E-state index contributed by atoms with van der Waals surface area (Å²) in [4.78, 5) is 24.2. The van der Waals surface area contributed by atoms with Gasteiger partial charge in [0.25, 0.3) is 0 Å². The molecule has 0 bridgehead atoms. The average molecular weight is 460 g/mol. The van der Waals surface area contributed by atoms with Crippen LogP contribution in [0, 0.1) is 0 Å². The number of carboxylic acids is 1. The molecule has 0 aliphatic rings. The van der Waals surface area contributed by atoms with Gasteiger partial charge < -0.3 is 14.4 Å². The Morgan fingerprint density at radius 3 is 2.48 bits per heavy atom. The van der Waals surface area contributed by atoms with E-state index in [1.54, 1.807) is 19.9 Å². The molecule has 1 unspecified atom stereocenters. The summed E-state index contributed by atoms with van der Waals surface area (Å²) >= 11 is 1.25. The minimum atomic E-state index is -1.28. The molecule has 0 saturated heterocycles. The summed E-state index contributed by atoms with van der Waals surface area (Å²) in [6.07, 6.45) is 0.329. The number of hydrogen-bond donors (Lipinski definition) is 2. The standard InChI is InChI=1S/C23H26NO5PS/c1-15(2)28-22(27)23(3,4)24-30(29-18-8-6-5-7-9-18)14-16-10-11-19-17(12-16)13-20(31-19)21(25)26/h5-13,15,24H,14H2,1-4H3,(H,25,26). The van der Waals surface area contributed by atoms with Gasteiger partial charge in [-0.2, -0.15) is 0 Å². The van der Waals surface area contributed by atoms with Crippen molar-refractivity contribution in [2.24, 2.45) is 0 Å². The number of carbonyl (C=O) groups excluding carboxylic acids is 1. The molecule has 1 aromatic heterocycles. The summed E-state index contributed by atoms with van der Waals surface area (Å²) in [5.74, 6) is -0.561. The molecule has 0 saturated carbocycles. The number of carbonyl (C=O) groups is 2. The molecular formula is C23H26NO5PS. The first kappa shape index (κ1) is 23.2. The molecule has 0 aliphatic carbocycles. The lowest BCUT2D eigenvalue weighted by molar-refractivity contribution is -0.153. The normalized spacial score (nSPS) is 12.7. The Bertz CT molecular complexity index is 1060. The lowest BCUT2D eigenvalue weighted by atomic mass is 10.1. The second-order valence-corrected chi connectivity index (χ2v) is 10.5. The highest BCUT2D eigenvalue weighted by molar-refractivity contribution is 7.50. The minimum Gasteiger partial charge on any atom is -0.477 e. The highest BCUT2D eigenvalue weighted by atomic mass is 32.1. The number of fused-ring (bicyclic) bond motifs is 1. The van der Waals surface area contributed by atoms with Gasteiger partial charge in [0.05, 0.1) is 6.10 Å². The number of thiophene rings is 1. The fourth-order valence-corrected chi connectivity index (χ4v) is 5.57. The van der Waals surface area contributed by atoms with Crippen LogP contribution >= 0.6 is 19.6 Å². The van der Waals surface area contributed by atoms with E-state index in [2.05, 4.69) is 5.09 Å². The molecule has 3 rings (SSSR count). The first-order chi connectivity index (χ1) is 14.6. The Hall–Kier alpha value is -2.47. The number of para-hydroxylation sites is 1. The zero-order valence-corrected chi connectivity index (χ0v) is 19.6. The van der Waals surface area contributed by atoms with Crippen LogP contribution in [-0.2, 0) is 15.7 Å². The van der Waals surface area contributed by atoms with Gasteiger partial charge in [-0.05, 0) is 69.0 Å². The maximum Gasteiger partial charge on any atom is 0.345 e. The van der Waals surface area contributed by atoms with Crippen LogP contribution in [0.25, 0.3) is 10.1 Å². The molecule has 0 fully saturated rings. The summed E-state index contributed by atoms with van der Waals surface area (Å²) in [6, 6.07) is 17.0. The summed E-state index contributed by atoms with van der Waals surface area (Å²) in [5.41, 5.74) is 0.0538. The molecule has 8 heteroatoms. The minimum absolute atomic E-state index is 0.209. The van der Waals surface area contributed by atoms with Crippen molar-refractivity contribution >= 4 is 41.7 Å². The number of benzene rings is 2. The van der Waals surface area contributed by atoms with Crippen molar-refractivity contribution in [2.45, 2.75) is 45.5 Å². The van der Waals surface area contributed by atoms with Crippen LogP contribution < -0.4 is 9.61 Å². The van der Waals surface area contributed by atoms with Gasteiger partial charge in [0.2, 0.25) is 0 Å². The van der Waals surface area contributed by atoms with Gasteiger partial charge in [-0.1, -0.05) is 24.3 Å². The predicted octanol–water partition coefficient (Wildman–Crippen LogP) is 5.81. The molecule has 2 N–H and O–H groups in total. The van der Waals surface area contributed by atoms with E-state index in [0.717, 1.165) is 15.6 Å². The van der Waals surface area contributed by atoms with Crippen LogP contribution in [0.1, 0.15) is 42.9 Å². The van der Waals surface area contributed by atoms with Crippen molar-refractivity contribution in [3.05, 3.63) is 65.0 Å². The van der Waals surface area contributed by atoms with Crippen LogP contribution in [0.4, 0.5) is 0 Å². The predicted molar refractivity (Wildman–Crippen MR) is 125 cm³/mol. The maximum absolute atomic E-state index is 12.6. The number of esters is 1. The van der Waals surface area contributed by atoms with Gasteiger partial charge in [0, 0.05) is 10.9 Å². The van der Waals surface area contributed by atoms with E-state index >= 15 is 0 Å². The molecule has 164 valence electrons. The zero-order valence-electron chi connectivity index (χ0n) is 17.9. The van der Waals surface area contributed by atoms with Gasteiger partial charge in [-0.25, -0.2) is 9.88 Å².